The summed E-state index contributed by atoms with van der Waals surface area (Å²) in [5.41, 5.74) is 1.63. The van der Waals surface area contributed by atoms with E-state index in [1.165, 1.54) is 12.1 Å². The fourth-order valence-corrected chi connectivity index (χ4v) is 1.71. The number of tetrazole rings is 1. The maximum absolute atomic E-state index is 12.9. The van der Waals surface area contributed by atoms with Crippen molar-refractivity contribution >= 4 is 0 Å². The van der Waals surface area contributed by atoms with Gasteiger partial charge in [-0.15, -0.1) is 5.10 Å². The van der Waals surface area contributed by atoms with E-state index in [1.807, 2.05) is 30.3 Å². The van der Waals surface area contributed by atoms with Crippen molar-refractivity contribution in [2.45, 2.75) is 0 Å². The van der Waals surface area contributed by atoms with Crippen molar-refractivity contribution in [3.8, 4) is 17.1 Å². The maximum atomic E-state index is 12.9. The van der Waals surface area contributed by atoms with Crippen LogP contribution in [0.4, 0.5) is 4.39 Å². The third kappa shape index (κ3) is 1.86. The molecule has 0 aliphatic heterocycles. The number of rotatable bonds is 2. The van der Waals surface area contributed by atoms with Gasteiger partial charge in [-0.3, -0.25) is 0 Å². The van der Waals surface area contributed by atoms with Crippen molar-refractivity contribution in [2.75, 3.05) is 0 Å². The maximum Gasteiger partial charge on any atom is 0.187 e. The van der Waals surface area contributed by atoms with E-state index in [-0.39, 0.29) is 5.82 Å². The lowest BCUT2D eigenvalue weighted by atomic mass is 10.2. The summed E-state index contributed by atoms with van der Waals surface area (Å²) in [6.45, 7) is 0. The van der Waals surface area contributed by atoms with E-state index in [0.29, 0.717) is 5.82 Å². The zero-order valence-electron chi connectivity index (χ0n) is 9.36. The van der Waals surface area contributed by atoms with Crippen molar-refractivity contribution in [1.82, 2.24) is 20.2 Å². The second-order valence-electron chi connectivity index (χ2n) is 3.76. The quantitative estimate of drug-likeness (QED) is 0.691. The van der Waals surface area contributed by atoms with E-state index in [4.69, 9.17) is 0 Å². The lowest BCUT2D eigenvalue weighted by molar-refractivity contribution is 0.627. The summed E-state index contributed by atoms with van der Waals surface area (Å²) < 4.78 is 14.5. The minimum absolute atomic E-state index is 0.284. The molecule has 0 radical (unpaired) electrons. The largest absolute Gasteiger partial charge is 0.207 e. The fraction of sp³-hybridized carbons (Fsp3) is 0. The molecule has 1 heterocycles. The minimum Gasteiger partial charge on any atom is -0.207 e. The van der Waals surface area contributed by atoms with Gasteiger partial charge in [0.25, 0.3) is 0 Å². The van der Waals surface area contributed by atoms with E-state index >= 15 is 0 Å². The van der Waals surface area contributed by atoms with Gasteiger partial charge in [0.15, 0.2) is 5.82 Å². The standard InChI is InChI=1S/C13H9FN4/c14-11-6-8-12(9-7-11)18-13(15-16-17-18)10-4-2-1-3-5-10/h1-9H. The summed E-state index contributed by atoms with van der Waals surface area (Å²) in [4.78, 5) is 0. The Morgan fingerprint density at radius 1 is 0.889 bits per heavy atom. The normalized spacial score (nSPS) is 10.5. The summed E-state index contributed by atoms with van der Waals surface area (Å²) in [6.07, 6.45) is 0. The number of hydrogen-bond acceptors (Lipinski definition) is 3. The van der Waals surface area contributed by atoms with Crippen LogP contribution in [0.3, 0.4) is 0 Å². The van der Waals surface area contributed by atoms with Crippen molar-refractivity contribution in [3.05, 3.63) is 60.4 Å². The van der Waals surface area contributed by atoms with Crippen LogP contribution in [0.1, 0.15) is 0 Å². The first-order chi connectivity index (χ1) is 8.84. The Bertz CT molecular complexity index is 646. The zero-order valence-corrected chi connectivity index (χ0v) is 9.36. The van der Waals surface area contributed by atoms with Crippen LogP contribution in [0, 0.1) is 5.82 Å². The molecule has 5 heteroatoms. The molecule has 0 amide bonds. The molecule has 3 rings (SSSR count). The van der Waals surface area contributed by atoms with Crippen molar-refractivity contribution in [3.63, 3.8) is 0 Å². The lowest BCUT2D eigenvalue weighted by Crippen LogP contribution is -1.99. The van der Waals surface area contributed by atoms with Crippen LogP contribution < -0.4 is 0 Å². The smallest absolute Gasteiger partial charge is 0.187 e. The molecule has 0 unspecified atom stereocenters. The highest BCUT2D eigenvalue weighted by molar-refractivity contribution is 5.56. The number of benzene rings is 2. The third-order valence-electron chi connectivity index (χ3n) is 2.57. The second-order valence-corrected chi connectivity index (χ2v) is 3.76. The van der Waals surface area contributed by atoms with Crippen LogP contribution in [0.15, 0.2) is 54.6 Å². The van der Waals surface area contributed by atoms with Crippen LogP contribution in [-0.4, -0.2) is 20.2 Å². The van der Waals surface area contributed by atoms with Crippen LogP contribution in [-0.2, 0) is 0 Å². The third-order valence-corrected chi connectivity index (χ3v) is 2.57. The topological polar surface area (TPSA) is 43.6 Å². The van der Waals surface area contributed by atoms with Gasteiger partial charge < -0.3 is 0 Å². The molecule has 0 spiro atoms. The highest BCUT2D eigenvalue weighted by atomic mass is 19.1. The predicted molar refractivity (Wildman–Crippen MR) is 64.5 cm³/mol. The Morgan fingerprint density at radius 3 is 2.33 bits per heavy atom. The van der Waals surface area contributed by atoms with Gasteiger partial charge in [-0.25, -0.2) is 4.39 Å². The van der Waals surface area contributed by atoms with Crippen LogP contribution in [0.2, 0.25) is 0 Å². The number of nitrogens with zero attached hydrogens (tertiary/aromatic N) is 4. The van der Waals surface area contributed by atoms with E-state index < -0.39 is 0 Å². The summed E-state index contributed by atoms with van der Waals surface area (Å²) >= 11 is 0. The van der Waals surface area contributed by atoms with Gasteiger partial charge >= 0.3 is 0 Å². The summed E-state index contributed by atoms with van der Waals surface area (Å²) in [5.74, 6) is 0.343. The van der Waals surface area contributed by atoms with Crippen molar-refractivity contribution in [1.29, 1.82) is 0 Å². The highest BCUT2D eigenvalue weighted by Gasteiger charge is 2.09. The molecule has 0 N–H and O–H groups in total. The number of aromatic nitrogens is 4. The van der Waals surface area contributed by atoms with Crippen LogP contribution in [0.5, 0.6) is 0 Å². The fourth-order valence-electron chi connectivity index (χ4n) is 1.71. The molecule has 0 atom stereocenters. The lowest BCUT2D eigenvalue weighted by Gasteiger charge is -2.04. The molecule has 0 saturated carbocycles. The van der Waals surface area contributed by atoms with E-state index in [9.17, 15) is 4.39 Å². The minimum atomic E-state index is -0.284. The SMILES string of the molecule is Fc1ccc(-n2nnnc2-c2ccccc2)cc1. The van der Waals surface area contributed by atoms with Crippen molar-refractivity contribution < 1.29 is 4.39 Å². The van der Waals surface area contributed by atoms with Gasteiger partial charge in [0, 0.05) is 5.56 Å². The highest BCUT2D eigenvalue weighted by Crippen LogP contribution is 2.18. The summed E-state index contributed by atoms with van der Waals surface area (Å²) in [5, 5.41) is 11.6. The first-order valence-electron chi connectivity index (χ1n) is 5.44. The molecular formula is C13H9FN4. The number of hydrogen-bond donors (Lipinski definition) is 0. The van der Waals surface area contributed by atoms with E-state index in [0.717, 1.165) is 11.3 Å². The van der Waals surface area contributed by atoms with Crippen LogP contribution >= 0.6 is 0 Å². The van der Waals surface area contributed by atoms with Crippen molar-refractivity contribution in [2.24, 2.45) is 0 Å². The number of halogens is 1. The molecule has 0 aliphatic rings. The molecule has 88 valence electrons. The molecule has 0 bridgehead atoms. The van der Waals surface area contributed by atoms with Gasteiger partial charge in [0.1, 0.15) is 5.82 Å². The first kappa shape index (κ1) is 10.6. The average Bonchev–Trinajstić information content (AvgIpc) is 2.90. The molecular weight excluding hydrogens is 231 g/mol. The van der Waals surface area contributed by atoms with Gasteiger partial charge in [-0.2, -0.15) is 4.68 Å². The molecule has 2 aromatic carbocycles. The van der Waals surface area contributed by atoms with E-state index in [2.05, 4.69) is 15.5 Å². The molecule has 4 nitrogen and oxygen atoms in total. The van der Waals surface area contributed by atoms with Crippen LogP contribution in [0.25, 0.3) is 17.1 Å². The molecule has 18 heavy (non-hydrogen) atoms. The molecule has 3 aromatic rings. The van der Waals surface area contributed by atoms with E-state index in [1.54, 1.807) is 16.8 Å². The monoisotopic (exact) mass is 240 g/mol. The Labute approximate surface area is 103 Å². The molecule has 1 aromatic heterocycles. The summed E-state index contributed by atoms with van der Waals surface area (Å²) in [7, 11) is 0. The van der Waals surface area contributed by atoms with Gasteiger partial charge in [0.05, 0.1) is 5.69 Å². The Morgan fingerprint density at radius 2 is 1.61 bits per heavy atom. The Kier molecular flexibility index (Phi) is 2.57. The van der Waals surface area contributed by atoms with Gasteiger partial charge in [-0.1, -0.05) is 30.3 Å². The molecule has 0 saturated heterocycles. The van der Waals surface area contributed by atoms with Gasteiger partial charge in [0.2, 0.25) is 0 Å². The Hall–Kier alpha value is -2.56. The van der Waals surface area contributed by atoms with Gasteiger partial charge in [-0.05, 0) is 34.7 Å². The summed E-state index contributed by atoms with van der Waals surface area (Å²) in [6, 6.07) is 15.6. The first-order valence-corrected chi connectivity index (χ1v) is 5.44. The predicted octanol–water partition coefficient (Wildman–Crippen LogP) is 2.47. The zero-order chi connectivity index (χ0) is 12.4. The second kappa shape index (κ2) is 4.37. The average molecular weight is 240 g/mol. The molecule has 0 aliphatic carbocycles. The Balaban J connectivity index is 2.10. The molecule has 0 fully saturated rings.